The third-order valence-electron chi connectivity index (χ3n) is 4.92. The minimum absolute atomic E-state index is 0.0142. The summed E-state index contributed by atoms with van der Waals surface area (Å²) in [6.07, 6.45) is -6.49. The van der Waals surface area contributed by atoms with Crippen LogP contribution in [0.4, 0.5) is 33.3 Å². The van der Waals surface area contributed by atoms with Crippen molar-refractivity contribution in [3.05, 3.63) is 59.7 Å². The molecule has 3 amide bonds. The quantitative estimate of drug-likeness (QED) is 0.470. The van der Waals surface area contributed by atoms with Crippen molar-refractivity contribution in [1.29, 1.82) is 0 Å². The molecule has 0 fully saturated rings. The molecule has 0 aromatic heterocycles. The summed E-state index contributed by atoms with van der Waals surface area (Å²) in [5, 5.41) is 4.51. The predicted octanol–water partition coefficient (Wildman–Crippen LogP) is 2.93. The lowest BCUT2D eigenvalue weighted by Crippen LogP contribution is -2.51. The van der Waals surface area contributed by atoms with E-state index in [1.54, 1.807) is 0 Å². The number of hydrogen-bond acceptors (Lipinski definition) is 5. The Hall–Kier alpha value is -4.03. The normalized spacial score (nSPS) is 15.5. The smallest absolute Gasteiger partial charge is 0.409 e. The van der Waals surface area contributed by atoms with Gasteiger partial charge in [0.15, 0.2) is 6.61 Å². The van der Waals surface area contributed by atoms with Crippen LogP contribution >= 0.6 is 0 Å². The monoisotopic (exact) mass is 499 g/mol. The Bertz CT molecular complexity index is 1150. The molecule has 2 N–H and O–H groups in total. The molecule has 13 heteroatoms. The van der Waals surface area contributed by atoms with Crippen molar-refractivity contribution >= 4 is 35.1 Å². The molecule has 3 rings (SSSR count). The van der Waals surface area contributed by atoms with Crippen molar-refractivity contribution in [2.75, 3.05) is 23.4 Å². The van der Waals surface area contributed by atoms with Crippen LogP contribution in [0, 0.1) is 11.6 Å². The lowest BCUT2D eigenvalue weighted by molar-refractivity contribution is -0.160. The molecule has 186 valence electrons. The van der Waals surface area contributed by atoms with Gasteiger partial charge in [0.2, 0.25) is 5.91 Å². The van der Waals surface area contributed by atoms with E-state index in [9.17, 15) is 41.1 Å². The third kappa shape index (κ3) is 6.31. The summed E-state index contributed by atoms with van der Waals surface area (Å²) in [7, 11) is 0. The molecule has 2 aromatic carbocycles. The van der Waals surface area contributed by atoms with E-state index in [1.165, 1.54) is 24.3 Å². The molecule has 8 nitrogen and oxygen atoms in total. The summed E-state index contributed by atoms with van der Waals surface area (Å²) in [6, 6.07) is 5.18. The number of carbonyl (C=O) groups excluding carboxylic acids is 4. The number of fused-ring (bicyclic) bond motifs is 1. The van der Waals surface area contributed by atoms with E-state index < -0.39 is 72.6 Å². The van der Waals surface area contributed by atoms with Gasteiger partial charge in [-0.2, -0.15) is 13.2 Å². The first kappa shape index (κ1) is 25.6. The Kier molecular flexibility index (Phi) is 7.67. The molecule has 1 aliphatic rings. The minimum Gasteiger partial charge on any atom is -0.455 e. The van der Waals surface area contributed by atoms with Crippen molar-refractivity contribution in [3.63, 3.8) is 0 Å². The summed E-state index contributed by atoms with van der Waals surface area (Å²) < 4.78 is 72.3. The third-order valence-corrected chi connectivity index (χ3v) is 4.92. The van der Waals surface area contributed by atoms with Crippen LogP contribution in [0.1, 0.15) is 23.2 Å². The number of benzene rings is 2. The number of anilines is 2. The number of ether oxygens (including phenoxy) is 1. The molecule has 0 saturated carbocycles. The topological polar surface area (TPSA) is 105 Å². The first-order valence-corrected chi connectivity index (χ1v) is 10.1. The number of alkyl halides is 3. The standard InChI is InChI=1S/C22H18F5N3O5/c23-12-5-6-13(14(24)9-12)21(34)28-8-7-20(33)35-11-19(32)30-16-4-2-1-3-15(16)29-18(31)10-17(30)22(25,26)27/h1-6,9,17H,7-8,10-11H2,(H,28,34)(H,29,31). The number of para-hydroxylation sites is 2. The zero-order chi connectivity index (χ0) is 25.8. The minimum atomic E-state index is -4.95. The van der Waals surface area contributed by atoms with Crippen molar-refractivity contribution in [3.8, 4) is 0 Å². The molecule has 0 saturated heterocycles. The number of carbonyl (C=O) groups is 4. The lowest BCUT2D eigenvalue weighted by Gasteiger charge is -2.31. The highest BCUT2D eigenvalue weighted by atomic mass is 19.4. The second-order valence-corrected chi connectivity index (χ2v) is 7.38. The highest BCUT2D eigenvalue weighted by Gasteiger charge is 2.49. The molecule has 1 unspecified atom stereocenters. The number of esters is 1. The van der Waals surface area contributed by atoms with E-state index in [0.29, 0.717) is 11.0 Å². The first-order chi connectivity index (χ1) is 16.5. The summed E-state index contributed by atoms with van der Waals surface area (Å²) in [4.78, 5) is 48.8. The SMILES string of the molecule is O=C1CC(C(F)(F)F)N(C(=O)COC(=O)CCNC(=O)c2ccc(F)cc2F)c2ccccc2N1. The molecule has 1 aliphatic heterocycles. The number of hydrogen-bond donors (Lipinski definition) is 2. The van der Waals surface area contributed by atoms with Crippen LogP contribution in [0.5, 0.6) is 0 Å². The summed E-state index contributed by atoms with van der Waals surface area (Å²) in [6.45, 7) is -1.41. The Balaban J connectivity index is 1.61. The average Bonchev–Trinajstić information content (AvgIpc) is 2.93. The maximum Gasteiger partial charge on any atom is 0.409 e. The number of rotatable bonds is 6. The molecule has 0 spiro atoms. The van der Waals surface area contributed by atoms with Crippen LogP contribution in [0.2, 0.25) is 0 Å². The van der Waals surface area contributed by atoms with Crippen LogP contribution in [0.3, 0.4) is 0 Å². The predicted molar refractivity (Wildman–Crippen MR) is 111 cm³/mol. The second-order valence-electron chi connectivity index (χ2n) is 7.38. The highest BCUT2D eigenvalue weighted by molar-refractivity contribution is 6.05. The van der Waals surface area contributed by atoms with Gasteiger partial charge < -0.3 is 15.4 Å². The fourth-order valence-corrected chi connectivity index (χ4v) is 3.33. The Labute approximate surface area is 195 Å². The van der Waals surface area contributed by atoms with E-state index in [2.05, 4.69) is 10.6 Å². The second kappa shape index (κ2) is 10.5. The van der Waals surface area contributed by atoms with Gasteiger partial charge in [-0.15, -0.1) is 0 Å². The number of nitrogens with zero attached hydrogens (tertiary/aromatic N) is 1. The average molecular weight is 499 g/mol. The van der Waals surface area contributed by atoms with Crippen molar-refractivity contribution in [2.24, 2.45) is 0 Å². The Morgan fingerprint density at radius 3 is 2.51 bits per heavy atom. The fraction of sp³-hybridized carbons (Fsp3) is 0.273. The molecule has 0 radical (unpaired) electrons. The van der Waals surface area contributed by atoms with Gasteiger partial charge in [-0.3, -0.25) is 24.1 Å². The molecule has 1 heterocycles. The molecular formula is C22H18F5N3O5. The van der Waals surface area contributed by atoms with Crippen LogP contribution in [0.15, 0.2) is 42.5 Å². The van der Waals surface area contributed by atoms with Crippen LogP contribution in [0.25, 0.3) is 0 Å². The summed E-state index contributed by atoms with van der Waals surface area (Å²) in [5.41, 5.74) is -0.689. The molecule has 2 aromatic rings. The van der Waals surface area contributed by atoms with Crippen LogP contribution in [-0.2, 0) is 19.1 Å². The number of amides is 3. The number of nitrogens with one attached hydrogen (secondary N) is 2. The van der Waals surface area contributed by atoms with Gasteiger partial charge in [-0.25, -0.2) is 8.78 Å². The van der Waals surface area contributed by atoms with Gasteiger partial charge in [0, 0.05) is 12.6 Å². The first-order valence-electron chi connectivity index (χ1n) is 10.1. The van der Waals surface area contributed by atoms with Crippen molar-refractivity contribution < 1.29 is 45.9 Å². The van der Waals surface area contributed by atoms with E-state index in [1.807, 2.05) is 0 Å². The van der Waals surface area contributed by atoms with Gasteiger partial charge in [-0.1, -0.05) is 12.1 Å². The largest absolute Gasteiger partial charge is 0.455 e. The van der Waals surface area contributed by atoms with Crippen LogP contribution < -0.4 is 15.5 Å². The molecule has 1 atom stereocenters. The molecular weight excluding hydrogens is 481 g/mol. The zero-order valence-corrected chi connectivity index (χ0v) is 17.8. The van der Waals surface area contributed by atoms with Crippen LogP contribution in [-0.4, -0.2) is 49.1 Å². The maximum absolute atomic E-state index is 13.7. The Morgan fingerprint density at radius 1 is 1.11 bits per heavy atom. The molecule has 0 bridgehead atoms. The highest BCUT2D eigenvalue weighted by Crippen LogP contribution is 2.37. The molecule has 0 aliphatic carbocycles. The van der Waals surface area contributed by atoms with Gasteiger partial charge in [-0.05, 0) is 24.3 Å². The Morgan fingerprint density at radius 2 is 1.83 bits per heavy atom. The zero-order valence-electron chi connectivity index (χ0n) is 17.8. The van der Waals surface area contributed by atoms with E-state index in [4.69, 9.17) is 4.74 Å². The van der Waals surface area contributed by atoms with Gasteiger partial charge >= 0.3 is 12.1 Å². The van der Waals surface area contributed by atoms with Gasteiger partial charge in [0.05, 0.1) is 29.8 Å². The molecule has 35 heavy (non-hydrogen) atoms. The van der Waals surface area contributed by atoms with E-state index in [0.717, 1.165) is 12.1 Å². The van der Waals surface area contributed by atoms with E-state index in [-0.39, 0.29) is 17.9 Å². The summed E-state index contributed by atoms with van der Waals surface area (Å²) >= 11 is 0. The van der Waals surface area contributed by atoms with E-state index >= 15 is 0 Å². The fourth-order valence-electron chi connectivity index (χ4n) is 3.33. The summed E-state index contributed by atoms with van der Waals surface area (Å²) in [5.74, 6) is -6.12. The number of halogens is 5. The van der Waals surface area contributed by atoms with Crippen molar-refractivity contribution in [1.82, 2.24) is 5.32 Å². The van der Waals surface area contributed by atoms with Crippen molar-refractivity contribution in [2.45, 2.75) is 25.1 Å². The van der Waals surface area contributed by atoms with Gasteiger partial charge in [0.1, 0.15) is 17.7 Å². The van der Waals surface area contributed by atoms with Gasteiger partial charge in [0.25, 0.3) is 11.8 Å². The maximum atomic E-state index is 13.7. The lowest BCUT2D eigenvalue weighted by atomic mass is 10.1.